The number of carbonyl (C=O) groups excluding carboxylic acids is 1. The normalized spacial score (nSPS) is 18.1. The first-order chi connectivity index (χ1) is 12.6. The van der Waals surface area contributed by atoms with Crippen LogP contribution >= 0.6 is 0 Å². The minimum Gasteiger partial charge on any atom is -0.508 e. The Hall–Kier alpha value is -2.57. The Kier molecular flexibility index (Phi) is 5.75. The van der Waals surface area contributed by atoms with Crippen molar-refractivity contribution in [2.45, 2.75) is 52.3 Å². The predicted octanol–water partition coefficient (Wildman–Crippen LogP) is 2.60. The van der Waals surface area contributed by atoms with Crippen LogP contribution in [0.5, 0.6) is 11.5 Å². The van der Waals surface area contributed by atoms with Gasteiger partial charge in [-0.2, -0.15) is 0 Å². The molecule has 140 valence electrons. The zero-order valence-electron chi connectivity index (χ0n) is 15.3. The smallest absolute Gasteiger partial charge is 0.225 e. The van der Waals surface area contributed by atoms with Gasteiger partial charge in [0.2, 0.25) is 5.91 Å². The number of aromatic nitrogens is 3. The molecule has 1 amide bonds. The Morgan fingerprint density at radius 2 is 2.31 bits per heavy atom. The SMILES string of the molecule is CCC(C)C(=O)N1CCC[C@@H]1Cn1cc(COc2cccc(O)c2)nn1. The van der Waals surface area contributed by atoms with Gasteiger partial charge in [-0.05, 0) is 31.4 Å². The quantitative estimate of drug-likeness (QED) is 0.823. The van der Waals surface area contributed by atoms with E-state index in [1.54, 1.807) is 28.9 Å². The van der Waals surface area contributed by atoms with Crippen LogP contribution in [0.4, 0.5) is 0 Å². The van der Waals surface area contributed by atoms with Gasteiger partial charge in [-0.1, -0.05) is 25.1 Å². The predicted molar refractivity (Wildman–Crippen MR) is 96.7 cm³/mol. The number of hydrogen-bond acceptors (Lipinski definition) is 5. The standard InChI is InChI=1S/C19H26N4O3/c1-3-14(2)19(25)23-9-5-6-16(23)12-22-11-15(20-21-22)13-26-18-8-4-7-17(24)10-18/h4,7-8,10-11,14,16,24H,3,5-6,9,12-13H2,1-2H3/t14?,16-/m1/s1. The Labute approximate surface area is 153 Å². The van der Waals surface area contributed by atoms with E-state index in [4.69, 9.17) is 4.74 Å². The number of phenolic OH excluding ortho intramolecular Hbond substituents is 1. The van der Waals surface area contributed by atoms with Crippen LogP contribution in [-0.2, 0) is 17.9 Å². The second kappa shape index (κ2) is 8.21. The molecule has 1 saturated heterocycles. The summed E-state index contributed by atoms with van der Waals surface area (Å²) in [5.74, 6) is 1.05. The van der Waals surface area contributed by atoms with Crippen LogP contribution < -0.4 is 4.74 Å². The highest BCUT2D eigenvalue weighted by atomic mass is 16.5. The summed E-state index contributed by atoms with van der Waals surface area (Å²) < 4.78 is 7.41. The van der Waals surface area contributed by atoms with Gasteiger partial charge in [0, 0.05) is 18.5 Å². The molecule has 1 aliphatic heterocycles. The summed E-state index contributed by atoms with van der Waals surface area (Å²) in [6.07, 6.45) is 4.75. The molecule has 7 nitrogen and oxygen atoms in total. The number of carbonyl (C=O) groups is 1. The third kappa shape index (κ3) is 4.33. The summed E-state index contributed by atoms with van der Waals surface area (Å²) in [5, 5.41) is 17.8. The minimum absolute atomic E-state index is 0.0672. The van der Waals surface area contributed by atoms with E-state index in [0.29, 0.717) is 18.0 Å². The molecule has 0 aliphatic carbocycles. The van der Waals surface area contributed by atoms with Gasteiger partial charge in [-0.3, -0.25) is 9.48 Å². The van der Waals surface area contributed by atoms with Gasteiger partial charge in [0.05, 0.1) is 18.8 Å². The van der Waals surface area contributed by atoms with Crippen LogP contribution in [0.1, 0.15) is 38.8 Å². The topological polar surface area (TPSA) is 80.5 Å². The summed E-state index contributed by atoms with van der Waals surface area (Å²) in [4.78, 5) is 14.5. The van der Waals surface area contributed by atoms with Gasteiger partial charge < -0.3 is 14.7 Å². The van der Waals surface area contributed by atoms with Crippen LogP contribution in [0, 0.1) is 5.92 Å². The lowest BCUT2D eigenvalue weighted by Gasteiger charge is -2.27. The Morgan fingerprint density at radius 1 is 1.46 bits per heavy atom. The Bertz CT molecular complexity index is 746. The zero-order valence-corrected chi connectivity index (χ0v) is 15.3. The van der Waals surface area contributed by atoms with Crippen molar-refractivity contribution >= 4 is 5.91 Å². The Balaban J connectivity index is 1.57. The lowest BCUT2D eigenvalue weighted by Crippen LogP contribution is -2.40. The van der Waals surface area contributed by atoms with Crippen molar-refractivity contribution in [3.63, 3.8) is 0 Å². The van der Waals surface area contributed by atoms with E-state index < -0.39 is 0 Å². The fourth-order valence-electron chi connectivity index (χ4n) is 3.21. The number of likely N-dealkylation sites (tertiary alicyclic amines) is 1. The van der Waals surface area contributed by atoms with Crippen LogP contribution in [0.25, 0.3) is 0 Å². The van der Waals surface area contributed by atoms with Gasteiger partial charge >= 0.3 is 0 Å². The molecule has 2 atom stereocenters. The molecule has 0 saturated carbocycles. The van der Waals surface area contributed by atoms with E-state index >= 15 is 0 Å². The highest BCUT2D eigenvalue weighted by Gasteiger charge is 2.31. The van der Waals surface area contributed by atoms with Gasteiger partial charge in [0.25, 0.3) is 0 Å². The van der Waals surface area contributed by atoms with E-state index in [0.717, 1.165) is 25.8 Å². The van der Waals surface area contributed by atoms with Crippen LogP contribution in [0.3, 0.4) is 0 Å². The Morgan fingerprint density at radius 3 is 3.08 bits per heavy atom. The molecule has 1 unspecified atom stereocenters. The number of amides is 1. The second-order valence-electron chi connectivity index (χ2n) is 6.85. The number of benzene rings is 1. The molecule has 1 aliphatic rings. The number of phenols is 1. The van der Waals surface area contributed by atoms with Crippen molar-refractivity contribution in [1.82, 2.24) is 19.9 Å². The molecule has 1 N–H and O–H groups in total. The molecule has 0 radical (unpaired) electrons. The molecule has 7 heteroatoms. The first-order valence-corrected chi connectivity index (χ1v) is 9.18. The van der Waals surface area contributed by atoms with Crippen LogP contribution in [0.2, 0.25) is 0 Å². The zero-order chi connectivity index (χ0) is 18.5. The third-order valence-corrected chi connectivity index (χ3v) is 4.88. The molecule has 1 aromatic carbocycles. The molecule has 2 aromatic rings. The van der Waals surface area contributed by atoms with Crippen LogP contribution in [0.15, 0.2) is 30.5 Å². The maximum atomic E-state index is 12.5. The van der Waals surface area contributed by atoms with E-state index in [1.165, 1.54) is 0 Å². The van der Waals surface area contributed by atoms with Crippen molar-refractivity contribution in [3.8, 4) is 11.5 Å². The molecule has 1 fully saturated rings. The van der Waals surface area contributed by atoms with Crippen molar-refractivity contribution < 1.29 is 14.6 Å². The number of hydrogen-bond donors (Lipinski definition) is 1. The number of aromatic hydroxyl groups is 1. The average molecular weight is 358 g/mol. The molecule has 26 heavy (non-hydrogen) atoms. The number of ether oxygens (including phenoxy) is 1. The summed E-state index contributed by atoms with van der Waals surface area (Å²) >= 11 is 0. The maximum absolute atomic E-state index is 12.5. The summed E-state index contributed by atoms with van der Waals surface area (Å²) in [7, 11) is 0. The molecule has 3 rings (SSSR count). The fourth-order valence-corrected chi connectivity index (χ4v) is 3.21. The lowest BCUT2D eigenvalue weighted by molar-refractivity contribution is -0.136. The largest absolute Gasteiger partial charge is 0.508 e. The highest BCUT2D eigenvalue weighted by Crippen LogP contribution is 2.22. The average Bonchev–Trinajstić information content (AvgIpc) is 3.28. The van der Waals surface area contributed by atoms with E-state index in [2.05, 4.69) is 10.3 Å². The molecule has 2 heterocycles. The van der Waals surface area contributed by atoms with Crippen LogP contribution in [-0.4, -0.2) is 43.5 Å². The van der Waals surface area contributed by atoms with Gasteiger partial charge in [0.15, 0.2) is 0 Å². The third-order valence-electron chi connectivity index (χ3n) is 4.88. The molecule has 1 aromatic heterocycles. The lowest BCUT2D eigenvalue weighted by atomic mass is 10.1. The minimum atomic E-state index is 0.0672. The van der Waals surface area contributed by atoms with E-state index in [1.807, 2.05) is 24.9 Å². The molecular weight excluding hydrogens is 332 g/mol. The van der Waals surface area contributed by atoms with Crippen molar-refractivity contribution in [2.24, 2.45) is 5.92 Å². The maximum Gasteiger partial charge on any atom is 0.225 e. The monoisotopic (exact) mass is 358 g/mol. The summed E-state index contributed by atoms with van der Waals surface area (Å²) in [6, 6.07) is 6.84. The first-order valence-electron chi connectivity index (χ1n) is 9.18. The van der Waals surface area contributed by atoms with Gasteiger partial charge in [-0.15, -0.1) is 5.10 Å². The van der Waals surface area contributed by atoms with Crippen molar-refractivity contribution in [3.05, 3.63) is 36.2 Å². The number of rotatable bonds is 7. The first kappa shape index (κ1) is 18.2. The van der Waals surface area contributed by atoms with E-state index in [9.17, 15) is 9.90 Å². The van der Waals surface area contributed by atoms with Gasteiger partial charge in [0.1, 0.15) is 23.8 Å². The fraction of sp³-hybridized carbons (Fsp3) is 0.526. The molecular formula is C19H26N4O3. The molecule has 0 bridgehead atoms. The van der Waals surface area contributed by atoms with Crippen molar-refractivity contribution in [2.75, 3.05) is 6.54 Å². The highest BCUT2D eigenvalue weighted by molar-refractivity contribution is 5.79. The molecule has 0 spiro atoms. The summed E-state index contributed by atoms with van der Waals surface area (Å²) in [5.41, 5.74) is 0.714. The van der Waals surface area contributed by atoms with Gasteiger partial charge in [-0.25, -0.2) is 0 Å². The van der Waals surface area contributed by atoms with E-state index in [-0.39, 0.29) is 30.2 Å². The summed E-state index contributed by atoms with van der Waals surface area (Å²) in [6.45, 7) is 5.80. The van der Waals surface area contributed by atoms with Crippen molar-refractivity contribution in [1.29, 1.82) is 0 Å². The number of nitrogens with zero attached hydrogens (tertiary/aromatic N) is 4. The second-order valence-corrected chi connectivity index (χ2v) is 6.85.